The van der Waals surface area contributed by atoms with Crippen molar-refractivity contribution >= 4 is 77.4 Å². The molecule has 3 aromatic heterocycles. The van der Waals surface area contributed by atoms with E-state index < -0.39 is 0 Å². The molecule has 9 aromatic rings. The summed E-state index contributed by atoms with van der Waals surface area (Å²) in [6.07, 6.45) is 0. The van der Waals surface area contributed by atoms with Gasteiger partial charge in [0.1, 0.15) is 0 Å². The Balaban J connectivity index is 1.51. The van der Waals surface area contributed by atoms with Gasteiger partial charge in [0.25, 0.3) is 0 Å². The van der Waals surface area contributed by atoms with Crippen LogP contribution < -0.4 is 0 Å². The number of hydrogen-bond acceptors (Lipinski definition) is 0. The van der Waals surface area contributed by atoms with E-state index in [4.69, 9.17) is 0 Å². The van der Waals surface area contributed by atoms with Gasteiger partial charge in [-0.1, -0.05) is 0 Å². The predicted octanol–water partition coefficient (Wildman–Crippen LogP) is 9.24. The van der Waals surface area contributed by atoms with E-state index in [2.05, 4.69) is 143 Å². The standard InChI is InChI=1S/C36H22N2Se/c1-2-10-23(11-3-1)37-31-15-7-4-12-25(31)28-19-20-29-26-13-5-8-16-32(26)38(36(29)35(28)37)24-18-21-34-30(22-24)27-14-6-9-17-33(27)39-34/h1-22H. The molecule has 0 unspecified atom stereocenters. The molecule has 0 spiro atoms. The average molecular weight is 562 g/mol. The first kappa shape index (κ1) is 21.4. The van der Waals surface area contributed by atoms with Crippen molar-refractivity contribution in [1.29, 1.82) is 0 Å². The van der Waals surface area contributed by atoms with Crippen molar-refractivity contribution in [2.24, 2.45) is 0 Å². The number of para-hydroxylation sites is 3. The summed E-state index contributed by atoms with van der Waals surface area (Å²) in [6.45, 7) is 0. The summed E-state index contributed by atoms with van der Waals surface area (Å²) < 4.78 is 7.90. The number of hydrogen-bond donors (Lipinski definition) is 0. The Kier molecular flexibility index (Phi) is 4.37. The van der Waals surface area contributed by atoms with E-state index in [9.17, 15) is 0 Å². The molecule has 9 rings (SSSR count). The molecular weight excluding hydrogens is 539 g/mol. The van der Waals surface area contributed by atoms with Gasteiger partial charge in [0.2, 0.25) is 0 Å². The molecule has 0 atom stereocenters. The van der Waals surface area contributed by atoms with Crippen LogP contribution in [0.25, 0.3) is 74.3 Å². The molecule has 0 saturated carbocycles. The van der Waals surface area contributed by atoms with Crippen LogP contribution in [-0.2, 0) is 0 Å². The van der Waals surface area contributed by atoms with Gasteiger partial charge >= 0.3 is 231 Å². The minimum absolute atomic E-state index is 0.359. The maximum atomic E-state index is 2.50. The van der Waals surface area contributed by atoms with E-state index in [-0.39, 0.29) is 0 Å². The van der Waals surface area contributed by atoms with Crippen molar-refractivity contribution in [3.05, 3.63) is 133 Å². The molecule has 3 heteroatoms. The maximum absolute atomic E-state index is 2.50. The Hall–Kier alpha value is -4.56. The molecule has 0 aliphatic heterocycles. The Morgan fingerprint density at radius 1 is 0.359 bits per heavy atom. The fraction of sp³-hybridized carbons (Fsp3) is 0. The monoisotopic (exact) mass is 562 g/mol. The van der Waals surface area contributed by atoms with Gasteiger partial charge in [-0.15, -0.1) is 0 Å². The SMILES string of the molecule is c1ccc(-n2c3ccccc3c3ccc4c5ccccc5n(-c5ccc6[se]c7ccccc7c6c5)c4c32)cc1. The normalized spacial score (nSPS) is 12.1. The second kappa shape index (κ2) is 7.97. The summed E-state index contributed by atoms with van der Waals surface area (Å²) in [7, 11) is 0. The third-order valence-corrected chi connectivity index (χ3v) is 10.5. The second-order valence-electron chi connectivity index (χ2n) is 10.2. The molecule has 0 aliphatic rings. The van der Waals surface area contributed by atoms with Crippen molar-refractivity contribution in [2.45, 2.75) is 0 Å². The van der Waals surface area contributed by atoms with E-state index in [1.165, 1.54) is 74.3 Å². The summed E-state index contributed by atoms with van der Waals surface area (Å²) in [6, 6.07) is 49.1. The first-order chi connectivity index (χ1) is 19.4. The fourth-order valence-corrected chi connectivity index (χ4v) is 8.75. The molecule has 6 aromatic carbocycles. The molecule has 0 bridgehead atoms. The van der Waals surface area contributed by atoms with E-state index in [0.717, 1.165) is 0 Å². The van der Waals surface area contributed by atoms with Crippen LogP contribution in [0.1, 0.15) is 0 Å². The molecule has 0 aliphatic carbocycles. The quantitative estimate of drug-likeness (QED) is 0.186. The molecule has 0 fully saturated rings. The van der Waals surface area contributed by atoms with Gasteiger partial charge in [0, 0.05) is 0 Å². The van der Waals surface area contributed by atoms with E-state index in [1.54, 1.807) is 0 Å². The van der Waals surface area contributed by atoms with Crippen LogP contribution in [0.2, 0.25) is 0 Å². The van der Waals surface area contributed by atoms with E-state index in [1.807, 2.05) is 0 Å². The van der Waals surface area contributed by atoms with Crippen LogP contribution in [-0.4, -0.2) is 23.6 Å². The molecule has 39 heavy (non-hydrogen) atoms. The predicted molar refractivity (Wildman–Crippen MR) is 167 cm³/mol. The van der Waals surface area contributed by atoms with Gasteiger partial charge in [-0.05, 0) is 0 Å². The van der Waals surface area contributed by atoms with Gasteiger partial charge < -0.3 is 0 Å². The van der Waals surface area contributed by atoms with Gasteiger partial charge in [-0.3, -0.25) is 0 Å². The first-order valence-electron chi connectivity index (χ1n) is 13.3. The molecule has 3 heterocycles. The summed E-state index contributed by atoms with van der Waals surface area (Å²) in [5.74, 6) is 0. The van der Waals surface area contributed by atoms with Crippen LogP contribution in [0.15, 0.2) is 133 Å². The minimum atomic E-state index is 0.359. The molecule has 0 amide bonds. The van der Waals surface area contributed by atoms with Crippen molar-refractivity contribution in [1.82, 2.24) is 9.13 Å². The van der Waals surface area contributed by atoms with E-state index in [0.29, 0.717) is 14.5 Å². The summed E-state index contributed by atoms with van der Waals surface area (Å²) in [5.41, 5.74) is 7.37. The third kappa shape index (κ3) is 2.92. The number of aromatic nitrogens is 2. The van der Waals surface area contributed by atoms with Gasteiger partial charge in [0.05, 0.1) is 0 Å². The molecule has 0 saturated heterocycles. The van der Waals surface area contributed by atoms with Crippen LogP contribution >= 0.6 is 0 Å². The number of fused-ring (bicyclic) bond motifs is 10. The average Bonchev–Trinajstić information content (AvgIpc) is 3.65. The second-order valence-corrected chi connectivity index (χ2v) is 12.5. The fourth-order valence-electron chi connectivity index (χ4n) is 6.47. The van der Waals surface area contributed by atoms with Crippen LogP contribution in [0.5, 0.6) is 0 Å². The van der Waals surface area contributed by atoms with Crippen molar-refractivity contribution in [3.8, 4) is 11.4 Å². The Bertz CT molecular complexity index is 2390. The summed E-state index contributed by atoms with van der Waals surface area (Å²) in [5, 5.41) is 7.89. The Morgan fingerprint density at radius 2 is 0.897 bits per heavy atom. The van der Waals surface area contributed by atoms with Crippen molar-refractivity contribution in [3.63, 3.8) is 0 Å². The zero-order valence-corrected chi connectivity index (χ0v) is 22.7. The zero-order chi connectivity index (χ0) is 25.5. The molecular formula is C36H22N2Se. The number of rotatable bonds is 2. The van der Waals surface area contributed by atoms with Crippen molar-refractivity contribution in [2.75, 3.05) is 0 Å². The molecule has 2 nitrogen and oxygen atoms in total. The molecule has 0 N–H and O–H groups in total. The summed E-state index contributed by atoms with van der Waals surface area (Å²) in [4.78, 5) is 0. The number of nitrogens with zero attached hydrogens (tertiary/aromatic N) is 2. The van der Waals surface area contributed by atoms with Gasteiger partial charge in [0.15, 0.2) is 0 Å². The zero-order valence-electron chi connectivity index (χ0n) is 21.0. The Morgan fingerprint density at radius 3 is 1.59 bits per heavy atom. The molecule has 0 radical (unpaired) electrons. The topological polar surface area (TPSA) is 9.86 Å². The summed E-state index contributed by atoms with van der Waals surface area (Å²) >= 11 is 0.359. The van der Waals surface area contributed by atoms with Gasteiger partial charge in [-0.25, -0.2) is 0 Å². The number of benzene rings is 6. The van der Waals surface area contributed by atoms with Crippen molar-refractivity contribution < 1.29 is 0 Å². The van der Waals surface area contributed by atoms with Crippen LogP contribution in [0, 0.1) is 0 Å². The van der Waals surface area contributed by atoms with Gasteiger partial charge in [-0.2, -0.15) is 0 Å². The third-order valence-electron chi connectivity index (χ3n) is 8.10. The van der Waals surface area contributed by atoms with Crippen LogP contribution in [0.3, 0.4) is 0 Å². The first-order valence-corrected chi connectivity index (χ1v) is 15.0. The van der Waals surface area contributed by atoms with Crippen LogP contribution in [0.4, 0.5) is 0 Å². The Labute approximate surface area is 230 Å². The van der Waals surface area contributed by atoms with E-state index >= 15 is 0 Å². The molecule has 182 valence electrons.